The van der Waals surface area contributed by atoms with E-state index in [1.54, 1.807) is 13.0 Å². The summed E-state index contributed by atoms with van der Waals surface area (Å²) < 4.78 is 27.7. The molecule has 3 N–H and O–H groups in total. The third-order valence-electron chi connectivity index (χ3n) is 4.06. The SMILES string of the molecule is Cc1ccc(C)c(S(=O)(=O)NCC2CCCN2C)c1N. The van der Waals surface area contributed by atoms with Gasteiger partial charge in [-0.15, -0.1) is 0 Å². The highest BCUT2D eigenvalue weighted by Crippen LogP contribution is 2.26. The molecule has 0 aromatic heterocycles. The Morgan fingerprint density at radius 3 is 2.60 bits per heavy atom. The number of benzene rings is 1. The monoisotopic (exact) mass is 297 g/mol. The van der Waals surface area contributed by atoms with Gasteiger partial charge in [-0.3, -0.25) is 0 Å². The molecular weight excluding hydrogens is 274 g/mol. The topological polar surface area (TPSA) is 75.4 Å². The van der Waals surface area contributed by atoms with Crippen LogP contribution in [-0.2, 0) is 10.0 Å². The highest BCUT2D eigenvalue weighted by Gasteiger charge is 2.25. The fraction of sp³-hybridized carbons (Fsp3) is 0.571. The van der Waals surface area contributed by atoms with Crippen molar-refractivity contribution >= 4 is 15.7 Å². The van der Waals surface area contributed by atoms with E-state index in [9.17, 15) is 8.42 Å². The quantitative estimate of drug-likeness (QED) is 0.820. The number of nitrogen functional groups attached to an aromatic ring is 1. The van der Waals surface area contributed by atoms with E-state index in [0.29, 0.717) is 17.8 Å². The van der Waals surface area contributed by atoms with Gasteiger partial charge in [-0.2, -0.15) is 0 Å². The number of aryl methyl sites for hydroxylation is 2. The average Bonchev–Trinajstić information content (AvgIpc) is 2.77. The molecule has 1 aromatic carbocycles. The molecule has 5 nitrogen and oxygen atoms in total. The second-order valence-corrected chi connectivity index (χ2v) is 7.27. The van der Waals surface area contributed by atoms with Crippen LogP contribution in [0.15, 0.2) is 17.0 Å². The predicted octanol–water partition coefficient (Wildman–Crippen LogP) is 1.26. The van der Waals surface area contributed by atoms with E-state index in [4.69, 9.17) is 5.73 Å². The molecule has 20 heavy (non-hydrogen) atoms. The largest absolute Gasteiger partial charge is 0.397 e. The van der Waals surface area contributed by atoms with Crippen LogP contribution >= 0.6 is 0 Å². The van der Waals surface area contributed by atoms with E-state index in [1.165, 1.54) is 0 Å². The zero-order valence-electron chi connectivity index (χ0n) is 12.3. The fourth-order valence-electron chi connectivity index (χ4n) is 2.68. The van der Waals surface area contributed by atoms with Crippen LogP contribution in [0, 0.1) is 13.8 Å². The van der Waals surface area contributed by atoms with Gasteiger partial charge in [0.15, 0.2) is 0 Å². The summed E-state index contributed by atoms with van der Waals surface area (Å²) in [4.78, 5) is 2.41. The average molecular weight is 297 g/mol. The molecule has 1 aromatic rings. The van der Waals surface area contributed by atoms with Crippen LogP contribution in [0.5, 0.6) is 0 Å². The minimum atomic E-state index is -3.56. The second-order valence-electron chi connectivity index (χ2n) is 5.57. The van der Waals surface area contributed by atoms with E-state index in [1.807, 2.05) is 20.0 Å². The lowest BCUT2D eigenvalue weighted by Crippen LogP contribution is -2.38. The van der Waals surface area contributed by atoms with Gasteiger partial charge < -0.3 is 10.6 Å². The standard InChI is InChI=1S/C14H23N3O2S/c1-10-6-7-11(2)14(13(10)15)20(18,19)16-9-12-5-4-8-17(12)3/h6-7,12,16H,4-5,8-9,15H2,1-3H3. The van der Waals surface area contributed by atoms with Crippen molar-refractivity contribution in [3.63, 3.8) is 0 Å². The first kappa shape index (κ1) is 15.3. The molecule has 1 saturated heterocycles. The normalized spacial score (nSPS) is 20.4. The Bertz CT molecular complexity index is 599. The Hall–Kier alpha value is -1.11. The van der Waals surface area contributed by atoms with E-state index in [2.05, 4.69) is 9.62 Å². The van der Waals surface area contributed by atoms with Crippen molar-refractivity contribution in [2.75, 3.05) is 25.9 Å². The third-order valence-corrected chi connectivity index (χ3v) is 5.69. The minimum absolute atomic E-state index is 0.221. The minimum Gasteiger partial charge on any atom is -0.397 e. The molecule has 1 atom stereocenters. The fourth-order valence-corrected chi connectivity index (χ4v) is 4.18. The molecule has 1 heterocycles. The summed E-state index contributed by atoms with van der Waals surface area (Å²) in [6.07, 6.45) is 2.15. The van der Waals surface area contributed by atoms with Crippen molar-refractivity contribution in [3.8, 4) is 0 Å². The maximum absolute atomic E-state index is 12.5. The lowest BCUT2D eigenvalue weighted by Gasteiger charge is -2.20. The second kappa shape index (κ2) is 5.71. The van der Waals surface area contributed by atoms with E-state index >= 15 is 0 Å². The summed E-state index contributed by atoms with van der Waals surface area (Å²) in [7, 11) is -1.53. The lowest BCUT2D eigenvalue weighted by atomic mass is 10.1. The predicted molar refractivity (Wildman–Crippen MR) is 81.2 cm³/mol. The first-order chi connectivity index (χ1) is 9.33. The third kappa shape index (κ3) is 2.97. The maximum atomic E-state index is 12.5. The number of likely N-dealkylation sites (N-methyl/N-ethyl adjacent to an activating group) is 1. The number of nitrogens with two attached hydrogens (primary N) is 1. The van der Waals surface area contributed by atoms with Crippen molar-refractivity contribution in [2.24, 2.45) is 0 Å². The summed E-state index contributed by atoms with van der Waals surface area (Å²) in [6.45, 7) is 5.05. The lowest BCUT2D eigenvalue weighted by molar-refractivity contribution is 0.311. The molecule has 2 rings (SSSR count). The smallest absolute Gasteiger partial charge is 0.242 e. The molecule has 0 aliphatic carbocycles. The van der Waals surface area contributed by atoms with Crippen LogP contribution in [-0.4, -0.2) is 39.5 Å². The van der Waals surface area contributed by atoms with Crippen LogP contribution in [0.2, 0.25) is 0 Å². The van der Waals surface area contributed by atoms with Crippen molar-refractivity contribution < 1.29 is 8.42 Å². The zero-order chi connectivity index (χ0) is 14.9. The van der Waals surface area contributed by atoms with Gasteiger partial charge in [-0.1, -0.05) is 12.1 Å². The van der Waals surface area contributed by atoms with Crippen molar-refractivity contribution in [1.29, 1.82) is 0 Å². The number of hydrogen-bond acceptors (Lipinski definition) is 4. The van der Waals surface area contributed by atoms with Crippen LogP contribution in [0.4, 0.5) is 5.69 Å². The number of sulfonamides is 1. The molecule has 1 aliphatic heterocycles. The van der Waals surface area contributed by atoms with Gasteiger partial charge in [0.2, 0.25) is 10.0 Å². The van der Waals surface area contributed by atoms with Gasteiger partial charge >= 0.3 is 0 Å². The van der Waals surface area contributed by atoms with Gasteiger partial charge in [0.1, 0.15) is 4.90 Å². The Morgan fingerprint density at radius 1 is 1.35 bits per heavy atom. The first-order valence-corrected chi connectivity index (χ1v) is 8.37. The van der Waals surface area contributed by atoms with E-state index in [-0.39, 0.29) is 10.9 Å². The molecule has 1 unspecified atom stereocenters. The van der Waals surface area contributed by atoms with Crippen molar-refractivity contribution in [1.82, 2.24) is 9.62 Å². The summed E-state index contributed by atoms with van der Waals surface area (Å²) in [6, 6.07) is 3.91. The molecular formula is C14H23N3O2S. The summed E-state index contributed by atoms with van der Waals surface area (Å²) in [5.74, 6) is 0. The molecule has 1 aliphatic rings. The summed E-state index contributed by atoms with van der Waals surface area (Å²) in [5, 5.41) is 0. The highest BCUT2D eigenvalue weighted by molar-refractivity contribution is 7.89. The van der Waals surface area contributed by atoms with Crippen LogP contribution in [0.3, 0.4) is 0 Å². The number of nitrogens with one attached hydrogen (secondary N) is 1. The van der Waals surface area contributed by atoms with Gasteiger partial charge in [0.05, 0.1) is 5.69 Å². The Balaban J connectivity index is 2.21. The van der Waals surface area contributed by atoms with Gasteiger partial charge in [-0.25, -0.2) is 13.1 Å². The van der Waals surface area contributed by atoms with E-state index < -0.39 is 10.0 Å². The number of hydrogen-bond donors (Lipinski definition) is 2. The van der Waals surface area contributed by atoms with Crippen molar-refractivity contribution in [2.45, 2.75) is 37.6 Å². The Morgan fingerprint density at radius 2 is 2.00 bits per heavy atom. The summed E-state index contributed by atoms with van der Waals surface area (Å²) >= 11 is 0. The molecule has 112 valence electrons. The van der Waals surface area contributed by atoms with E-state index in [0.717, 1.165) is 24.9 Å². The van der Waals surface area contributed by atoms with Gasteiger partial charge in [0, 0.05) is 12.6 Å². The molecule has 0 amide bonds. The van der Waals surface area contributed by atoms with Crippen molar-refractivity contribution in [3.05, 3.63) is 23.3 Å². The molecule has 0 bridgehead atoms. The molecule has 6 heteroatoms. The van der Waals surface area contributed by atoms with Gasteiger partial charge in [0.25, 0.3) is 0 Å². The first-order valence-electron chi connectivity index (χ1n) is 6.88. The van der Waals surface area contributed by atoms with Crippen LogP contribution in [0.25, 0.3) is 0 Å². The molecule has 0 saturated carbocycles. The summed E-state index contributed by atoms with van der Waals surface area (Å²) in [5.41, 5.74) is 7.76. The number of rotatable bonds is 4. The van der Waals surface area contributed by atoms with Crippen LogP contribution in [0.1, 0.15) is 24.0 Å². The zero-order valence-corrected chi connectivity index (χ0v) is 13.1. The molecule has 0 spiro atoms. The molecule has 0 radical (unpaired) electrons. The van der Waals surface area contributed by atoms with Crippen LogP contribution < -0.4 is 10.5 Å². The Labute approximate surface area is 121 Å². The van der Waals surface area contributed by atoms with Gasteiger partial charge in [-0.05, 0) is 51.4 Å². The number of likely N-dealkylation sites (tertiary alicyclic amines) is 1. The maximum Gasteiger partial charge on any atom is 0.242 e. The highest BCUT2D eigenvalue weighted by atomic mass is 32.2. The molecule has 1 fully saturated rings. The number of nitrogens with zero attached hydrogens (tertiary/aromatic N) is 1. The Kier molecular flexibility index (Phi) is 4.36. The number of anilines is 1.